The van der Waals surface area contributed by atoms with Crippen LogP contribution in [0.1, 0.15) is 38.2 Å². The Hall–Kier alpha value is -1.02. The second-order valence-corrected chi connectivity index (χ2v) is 5.35. The molecule has 0 spiro atoms. The third-order valence-corrected chi connectivity index (χ3v) is 3.62. The molecule has 1 fully saturated rings. The molecule has 0 saturated carbocycles. The molecule has 1 aromatic carbocycles. The molecule has 0 bridgehead atoms. The van der Waals surface area contributed by atoms with Crippen LogP contribution in [0.5, 0.6) is 0 Å². The maximum atomic E-state index is 3.51. The predicted octanol–water partition coefficient (Wildman–Crippen LogP) is 3.22. The second-order valence-electron chi connectivity index (χ2n) is 5.35. The number of hydrogen-bond donors (Lipinski definition) is 2. The van der Waals surface area contributed by atoms with E-state index < -0.39 is 0 Å². The summed E-state index contributed by atoms with van der Waals surface area (Å²) in [6, 6.07) is 8.85. The van der Waals surface area contributed by atoms with Gasteiger partial charge in [0.2, 0.25) is 0 Å². The number of rotatable bonds is 5. The van der Waals surface area contributed by atoms with Crippen LogP contribution in [0.25, 0.3) is 0 Å². The highest BCUT2D eigenvalue weighted by Crippen LogP contribution is 2.18. The highest BCUT2D eigenvalue weighted by atomic mass is 14.9. The zero-order valence-corrected chi connectivity index (χ0v) is 11.0. The topological polar surface area (TPSA) is 24.1 Å². The van der Waals surface area contributed by atoms with E-state index >= 15 is 0 Å². The van der Waals surface area contributed by atoms with Crippen LogP contribution in [0.2, 0.25) is 0 Å². The summed E-state index contributed by atoms with van der Waals surface area (Å²) >= 11 is 0. The monoisotopic (exact) mass is 232 g/mol. The van der Waals surface area contributed by atoms with E-state index in [2.05, 4.69) is 48.7 Å². The van der Waals surface area contributed by atoms with Gasteiger partial charge in [0.1, 0.15) is 0 Å². The molecule has 1 aliphatic rings. The van der Waals surface area contributed by atoms with Crippen LogP contribution in [0.4, 0.5) is 5.69 Å². The van der Waals surface area contributed by atoms with Crippen molar-refractivity contribution in [3.8, 4) is 0 Å². The van der Waals surface area contributed by atoms with Crippen molar-refractivity contribution >= 4 is 5.69 Å². The molecule has 1 saturated heterocycles. The molecule has 17 heavy (non-hydrogen) atoms. The smallest absolute Gasteiger partial charge is 0.0340 e. The first-order chi connectivity index (χ1) is 8.25. The first-order valence-electron chi connectivity index (χ1n) is 6.80. The standard InChI is InChI=1S/C15H24N2/c1-12(2)14-3-5-15(6-4-14)17-10-8-13-7-9-16-11-13/h3-6,12-13,16-17H,7-11H2,1-2H3. The van der Waals surface area contributed by atoms with Crippen LogP contribution in [0.15, 0.2) is 24.3 Å². The highest BCUT2D eigenvalue weighted by Gasteiger charge is 2.13. The molecule has 2 heteroatoms. The average molecular weight is 232 g/mol. The van der Waals surface area contributed by atoms with Gasteiger partial charge in [-0.15, -0.1) is 0 Å². The second kappa shape index (κ2) is 6.06. The van der Waals surface area contributed by atoms with E-state index in [0.29, 0.717) is 5.92 Å². The number of nitrogens with one attached hydrogen (secondary N) is 2. The fourth-order valence-corrected chi connectivity index (χ4v) is 2.37. The molecule has 2 rings (SSSR count). The van der Waals surface area contributed by atoms with Crippen molar-refractivity contribution in [2.45, 2.75) is 32.6 Å². The van der Waals surface area contributed by atoms with E-state index in [-0.39, 0.29) is 0 Å². The molecule has 1 unspecified atom stereocenters. The molecule has 0 aromatic heterocycles. The summed E-state index contributed by atoms with van der Waals surface area (Å²) in [5, 5.41) is 6.92. The van der Waals surface area contributed by atoms with Gasteiger partial charge in [-0.2, -0.15) is 0 Å². The summed E-state index contributed by atoms with van der Waals surface area (Å²) in [5.41, 5.74) is 2.66. The summed E-state index contributed by atoms with van der Waals surface area (Å²) < 4.78 is 0. The first-order valence-corrected chi connectivity index (χ1v) is 6.80. The van der Waals surface area contributed by atoms with E-state index in [9.17, 15) is 0 Å². The molecule has 0 radical (unpaired) electrons. The summed E-state index contributed by atoms with van der Waals surface area (Å²) in [6.07, 6.45) is 2.62. The van der Waals surface area contributed by atoms with Crippen molar-refractivity contribution in [2.24, 2.45) is 5.92 Å². The molecule has 0 amide bonds. The Kier molecular flexibility index (Phi) is 4.43. The minimum Gasteiger partial charge on any atom is -0.385 e. The Labute approximate surface area is 105 Å². The van der Waals surface area contributed by atoms with Gasteiger partial charge in [-0.05, 0) is 55.5 Å². The fourth-order valence-electron chi connectivity index (χ4n) is 2.37. The number of anilines is 1. The van der Waals surface area contributed by atoms with Gasteiger partial charge in [0.15, 0.2) is 0 Å². The normalized spacial score (nSPS) is 19.8. The van der Waals surface area contributed by atoms with E-state index in [1.54, 1.807) is 0 Å². The molecular formula is C15H24N2. The highest BCUT2D eigenvalue weighted by molar-refractivity contribution is 5.45. The van der Waals surface area contributed by atoms with Gasteiger partial charge in [-0.25, -0.2) is 0 Å². The van der Waals surface area contributed by atoms with Crippen molar-refractivity contribution < 1.29 is 0 Å². The lowest BCUT2D eigenvalue weighted by molar-refractivity contribution is 0.549. The molecular weight excluding hydrogens is 208 g/mol. The van der Waals surface area contributed by atoms with Crippen LogP contribution in [0.3, 0.4) is 0 Å². The molecule has 1 heterocycles. The van der Waals surface area contributed by atoms with Crippen LogP contribution in [-0.2, 0) is 0 Å². The predicted molar refractivity (Wildman–Crippen MR) is 74.6 cm³/mol. The third-order valence-electron chi connectivity index (χ3n) is 3.62. The molecule has 0 aliphatic carbocycles. The average Bonchev–Trinajstić information content (AvgIpc) is 2.83. The Morgan fingerprint density at radius 2 is 2.06 bits per heavy atom. The van der Waals surface area contributed by atoms with E-state index in [1.165, 1.54) is 37.2 Å². The van der Waals surface area contributed by atoms with Gasteiger partial charge < -0.3 is 10.6 Å². The van der Waals surface area contributed by atoms with E-state index in [1.807, 2.05) is 0 Å². The molecule has 1 atom stereocenters. The summed E-state index contributed by atoms with van der Waals surface area (Å²) in [7, 11) is 0. The first kappa shape index (κ1) is 12.4. The maximum absolute atomic E-state index is 3.51. The maximum Gasteiger partial charge on any atom is 0.0340 e. The van der Waals surface area contributed by atoms with Crippen molar-refractivity contribution in [1.29, 1.82) is 0 Å². The Balaban J connectivity index is 1.74. The number of hydrogen-bond acceptors (Lipinski definition) is 2. The van der Waals surface area contributed by atoms with Gasteiger partial charge >= 0.3 is 0 Å². The minimum atomic E-state index is 0.619. The van der Waals surface area contributed by atoms with Crippen molar-refractivity contribution in [2.75, 3.05) is 25.0 Å². The van der Waals surface area contributed by atoms with Crippen LogP contribution in [0, 0.1) is 5.92 Å². The van der Waals surface area contributed by atoms with Crippen molar-refractivity contribution in [3.63, 3.8) is 0 Å². The molecule has 94 valence electrons. The van der Waals surface area contributed by atoms with Gasteiger partial charge in [0.25, 0.3) is 0 Å². The van der Waals surface area contributed by atoms with Gasteiger partial charge in [-0.1, -0.05) is 26.0 Å². The van der Waals surface area contributed by atoms with Crippen LogP contribution >= 0.6 is 0 Å². The summed E-state index contributed by atoms with van der Waals surface area (Å²) in [6.45, 7) is 7.96. The lowest BCUT2D eigenvalue weighted by atomic mass is 10.0. The molecule has 1 aromatic rings. The van der Waals surface area contributed by atoms with Gasteiger partial charge in [-0.3, -0.25) is 0 Å². The van der Waals surface area contributed by atoms with E-state index in [0.717, 1.165) is 12.5 Å². The minimum absolute atomic E-state index is 0.619. The van der Waals surface area contributed by atoms with Gasteiger partial charge in [0, 0.05) is 12.2 Å². The zero-order chi connectivity index (χ0) is 12.1. The quantitative estimate of drug-likeness (QED) is 0.814. The number of benzene rings is 1. The third kappa shape index (κ3) is 3.74. The largest absolute Gasteiger partial charge is 0.385 e. The Morgan fingerprint density at radius 1 is 1.29 bits per heavy atom. The molecule has 2 nitrogen and oxygen atoms in total. The van der Waals surface area contributed by atoms with Crippen molar-refractivity contribution in [3.05, 3.63) is 29.8 Å². The SMILES string of the molecule is CC(C)c1ccc(NCCC2CCNC2)cc1. The lowest BCUT2D eigenvalue weighted by Gasteiger charge is -2.11. The van der Waals surface area contributed by atoms with E-state index in [4.69, 9.17) is 0 Å². The van der Waals surface area contributed by atoms with Crippen LogP contribution in [-0.4, -0.2) is 19.6 Å². The summed E-state index contributed by atoms with van der Waals surface area (Å²) in [4.78, 5) is 0. The van der Waals surface area contributed by atoms with Crippen molar-refractivity contribution in [1.82, 2.24) is 5.32 Å². The lowest BCUT2D eigenvalue weighted by Crippen LogP contribution is -2.12. The van der Waals surface area contributed by atoms with Crippen LogP contribution < -0.4 is 10.6 Å². The Morgan fingerprint density at radius 3 is 2.65 bits per heavy atom. The Bertz CT molecular complexity index is 323. The molecule has 1 aliphatic heterocycles. The molecule has 2 N–H and O–H groups in total. The zero-order valence-electron chi connectivity index (χ0n) is 11.0. The summed E-state index contributed by atoms with van der Waals surface area (Å²) in [5.74, 6) is 1.49. The van der Waals surface area contributed by atoms with Gasteiger partial charge in [0.05, 0.1) is 0 Å². The fraction of sp³-hybridized carbons (Fsp3) is 0.600.